The van der Waals surface area contributed by atoms with E-state index in [0.29, 0.717) is 11.4 Å². The molecule has 3 aromatic carbocycles. The number of nitro benzene ring substituents is 2. The van der Waals surface area contributed by atoms with Crippen LogP contribution in [-0.4, -0.2) is 15.9 Å². The first-order valence-corrected chi connectivity index (χ1v) is 9.07. The molecular weight excluding hydrogens is 396 g/mol. The molecule has 0 aliphatic heterocycles. The minimum atomic E-state index is -0.514. The quantitative estimate of drug-likeness (QED) is 0.419. The number of carbonyl (C=O) groups excluding carboxylic acids is 1. The lowest BCUT2D eigenvalue weighted by molar-refractivity contribution is -0.385. The number of hydrogen-bond acceptors (Lipinski definition) is 6. The van der Waals surface area contributed by atoms with Gasteiger partial charge < -0.3 is 10.6 Å². The maximum absolute atomic E-state index is 12.0. The van der Waals surface area contributed by atoms with Gasteiger partial charge in [-0.25, -0.2) is 4.79 Å². The van der Waals surface area contributed by atoms with Crippen molar-refractivity contribution in [2.45, 2.75) is 9.79 Å². The second kappa shape index (κ2) is 8.85. The molecule has 2 amide bonds. The Labute approximate surface area is 169 Å². The summed E-state index contributed by atoms with van der Waals surface area (Å²) >= 11 is 1.44. The molecule has 2 N–H and O–H groups in total. The standard InChI is InChI=1S/C19H14N4O5S/c24-19(20-13-1-5-15(6-2-13)22(25)26)21-14-3-9-17(10-4-14)29-18-11-7-16(8-12-18)23(27)28/h1-12H,(H2,20,21,24). The number of nitro groups is 2. The van der Waals surface area contributed by atoms with Crippen LogP contribution in [0.25, 0.3) is 0 Å². The Morgan fingerprint density at radius 1 is 0.655 bits per heavy atom. The van der Waals surface area contributed by atoms with Gasteiger partial charge >= 0.3 is 6.03 Å². The minimum Gasteiger partial charge on any atom is -0.308 e. The summed E-state index contributed by atoms with van der Waals surface area (Å²) in [4.78, 5) is 34.2. The first kappa shape index (κ1) is 19.8. The molecule has 0 aliphatic rings. The first-order valence-electron chi connectivity index (χ1n) is 8.25. The van der Waals surface area contributed by atoms with Crippen molar-refractivity contribution < 1.29 is 14.6 Å². The summed E-state index contributed by atoms with van der Waals surface area (Å²) in [5.41, 5.74) is 0.973. The summed E-state index contributed by atoms with van der Waals surface area (Å²) in [5.74, 6) is 0. The third-order valence-corrected chi connectivity index (χ3v) is 4.75. The Kier molecular flexibility index (Phi) is 6.05. The van der Waals surface area contributed by atoms with E-state index < -0.39 is 15.9 Å². The molecule has 0 heterocycles. The van der Waals surface area contributed by atoms with E-state index in [2.05, 4.69) is 10.6 Å². The number of carbonyl (C=O) groups is 1. The van der Waals surface area contributed by atoms with Gasteiger partial charge in [0, 0.05) is 45.4 Å². The van der Waals surface area contributed by atoms with Crippen molar-refractivity contribution in [2.75, 3.05) is 10.6 Å². The molecule has 10 heteroatoms. The van der Waals surface area contributed by atoms with Gasteiger partial charge in [-0.05, 0) is 48.5 Å². The predicted molar refractivity (Wildman–Crippen MR) is 109 cm³/mol. The van der Waals surface area contributed by atoms with E-state index in [0.717, 1.165) is 9.79 Å². The van der Waals surface area contributed by atoms with Crippen LogP contribution in [0, 0.1) is 20.2 Å². The van der Waals surface area contributed by atoms with E-state index >= 15 is 0 Å². The zero-order valence-corrected chi connectivity index (χ0v) is 15.6. The van der Waals surface area contributed by atoms with E-state index in [1.165, 1.54) is 48.2 Å². The van der Waals surface area contributed by atoms with Crippen LogP contribution in [-0.2, 0) is 0 Å². The number of nitrogens with one attached hydrogen (secondary N) is 2. The van der Waals surface area contributed by atoms with E-state index in [-0.39, 0.29) is 11.4 Å². The van der Waals surface area contributed by atoms with Crippen LogP contribution in [0.2, 0.25) is 0 Å². The maximum Gasteiger partial charge on any atom is 0.323 e. The molecule has 0 aliphatic carbocycles. The molecule has 0 saturated carbocycles. The van der Waals surface area contributed by atoms with Gasteiger partial charge in [0.15, 0.2) is 0 Å². The zero-order valence-electron chi connectivity index (χ0n) is 14.8. The van der Waals surface area contributed by atoms with Gasteiger partial charge in [-0.3, -0.25) is 20.2 Å². The van der Waals surface area contributed by atoms with Crippen LogP contribution in [0.4, 0.5) is 27.5 Å². The molecule has 146 valence electrons. The van der Waals surface area contributed by atoms with Crippen molar-refractivity contribution in [1.82, 2.24) is 0 Å². The summed E-state index contributed by atoms with van der Waals surface area (Å²) < 4.78 is 0. The zero-order chi connectivity index (χ0) is 20.8. The van der Waals surface area contributed by atoms with Gasteiger partial charge in [0.1, 0.15) is 0 Å². The fraction of sp³-hybridized carbons (Fsp3) is 0. The highest BCUT2D eigenvalue weighted by Gasteiger charge is 2.08. The Morgan fingerprint density at radius 2 is 1.00 bits per heavy atom. The molecule has 0 fully saturated rings. The highest BCUT2D eigenvalue weighted by atomic mass is 32.2. The normalized spacial score (nSPS) is 10.2. The van der Waals surface area contributed by atoms with E-state index in [1.807, 2.05) is 12.1 Å². The van der Waals surface area contributed by atoms with Crippen molar-refractivity contribution in [3.63, 3.8) is 0 Å². The largest absolute Gasteiger partial charge is 0.323 e. The highest BCUT2D eigenvalue weighted by Crippen LogP contribution is 2.29. The topological polar surface area (TPSA) is 127 Å². The van der Waals surface area contributed by atoms with Gasteiger partial charge in [-0.2, -0.15) is 0 Å². The van der Waals surface area contributed by atoms with Gasteiger partial charge in [0.05, 0.1) is 9.85 Å². The molecule has 0 spiro atoms. The third-order valence-electron chi connectivity index (χ3n) is 3.73. The first-order chi connectivity index (χ1) is 13.9. The van der Waals surface area contributed by atoms with Crippen molar-refractivity contribution in [3.05, 3.63) is 93.0 Å². The van der Waals surface area contributed by atoms with Gasteiger partial charge in [-0.1, -0.05) is 11.8 Å². The molecule has 3 rings (SSSR count). The molecule has 0 saturated heterocycles. The lowest BCUT2D eigenvalue weighted by Crippen LogP contribution is -2.19. The Morgan fingerprint density at radius 3 is 1.41 bits per heavy atom. The lowest BCUT2D eigenvalue weighted by Gasteiger charge is -2.08. The van der Waals surface area contributed by atoms with Crippen molar-refractivity contribution in [2.24, 2.45) is 0 Å². The minimum absolute atomic E-state index is 0.0351. The average Bonchev–Trinajstić information content (AvgIpc) is 2.70. The number of urea groups is 1. The summed E-state index contributed by atoms with van der Waals surface area (Å²) in [6.45, 7) is 0. The van der Waals surface area contributed by atoms with E-state index in [4.69, 9.17) is 0 Å². The monoisotopic (exact) mass is 410 g/mol. The van der Waals surface area contributed by atoms with Crippen molar-refractivity contribution >= 4 is 40.5 Å². The predicted octanol–water partition coefficient (Wildman–Crippen LogP) is 5.30. The Balaban J connectivity index is 1.56. The molecular formula is C19H14N4O5S. The Bertz CT molecular complexity index is 1040. The van der Waals surface area contributed by atoms with Crippen LogP contribution < -0.4 is 10.6 Å². The van der Waals surface area contributed by atoms with Gasteiger partial charge in [0.25, 0.3) is 11.4 Å². The molecule has 0 unspecified atom stereocenters. The fourth-order valence-corrected chi connectivity index (χ4v) is 3.15. The van der Waals surface area contributed by atoms with E-state index in [9.17, 15) is 25.0 Å². The molecule has 9 nitrogen and oxygen atoms in total. The third kappa shape index (κ3) is 5.53. The number of nitrogens with zero attached hydrogens (tertiary/aromatic N) is 2. The number of rotatable bonds is 6. The molecule has 29 heavy (non-hydrogen) atoms. The van der Waals surface area contributed by atoms with Crippen LogP contribution in [0.1, 0.15) is 0 Å². The number of anilines is 2. The molecule has 0 atom stereocenters. The van der Waals surface area contributed by atoms with E-state index in [1.54, 1.807) is 24.3 Å². The van der Waals surface area contributed by atoms with Crippen LogP contribution in [0.3, 0.4) is 0 Å². The molecule has 0 radical (unpaired) electrons. The highest BCUT2D eigenvalue weighted by molar-refractivity contribution is 7.99. The van der Waals surface area contributed by atoms with Gasteiger partial charge in [0.2, 0.25) is 0 Å². The SMILES string of the molecule is O=C(Nc1ccc(Sc2ccc([N+](=O)[O-])cc2)cc1)Nc1ccc([N+](=O)[O-])cc1. The van der Waals surface area contributed by atoms with Crippen LogP contribution in [0.5, 0.6) is 0 Å². The average molecular weight is 410 g/mol. The number of amides is 2. The number of hydrogen-bond donors (Lipinski definition) is 2. The summed E-state index contributed by atoms with van der Waals surface area (Å²) in [6.07, 6.45) is 0. The number of benzene rings is 3. The maximum atomic E-state index is 12.0. The lowest BCUT2D eigenvalue weighted by atomic mass is 10.3. The molecule has 3 aromatic rings. The smallest absolute Gasteiger partial charge is 0.308 e. The summed E-state index contributed by atoms with van der Waals surface area (Å²) in [5, 5.41) is 26.6. The summed E-state index contributed by atoms with van der Waals surface area (Å²) in [7, 11) is 0. The van der Waals surface area contributed by atoms with Crippen molar-refractivity contribution in [3.8, 4) is 0 Å². The van der Waals surface area contributed by atoms with Crippen LogP contribution >= 0.6 is 11.8 Å². The van der Waals surface area contributed by atoms with Crippen LogP contribution in [0.15, 0.2) is 82.6 Å². The second-order valence-electron chi connectivity index (χ2n) is 5.76. The molecule has 0 aromatic heterocycles. The van der Waals surface area contributed by atoms with Crippen molar-refractivity contribution in [1.29, 1.82) is 0 Å². The van der Waals surface area contributed by atoms with Gasteiger partial charge in [-0.15, -0.1) is 0 Å². The fourth-order valence-electron chi connectivity index (χ4n) is 2.34. The number of non-ortho nitro benzene ring substituents is 2. The summed E-state index contributed by atoms with van der Waals surface area (Å²) in [6, 6.07) is 18.3. The second-order valence-corrected chi connectivity index (χ2v) is 6.91. The Hall–Kier alpha value is -3.92. The molecule has 0 bridgehead atoms.